The van der Waals surface area contributed by atoms with Gasteiger partial charge in [0.1, 0.15) is 0 Å². The first-order valence-electron chi connectivity index (χ1n) is 6.36. The van der Waals surface area contributed by atoms with Gasteiger partial charge in [-0.3, -0.25) is 10.1 Å². The number of amides is 1. The second-order valence-electron chi connectivity index (χ2n) is 4.37. The summed E-state index contributed by atoms with van der Waals surface area (Å²) >= 11 is 12.6. The van der Waals surface area contributed by atoms with Crippen LogP contribution in [-0.4, -0.2) is 16.0 Å². The van der Waals surface area contributed by atoms with Gasteiger partial charge in [0.25, 0.3) is 5.91 Å². The molecule has 0 aliphatic carbocycles. The van der Waals surface area contributed by atoms with Crippen LogP contribution in [0.3, 0.4) is 0 Å². The Morgan fingerprint density at radius 3 is 2.64 bits per heavy atom. The Bertz CT molecular complexity index is 830. The number of nitrogens with zero attached hydrogens (tertiary/aromatic N) is 1. The quantitative estimate of drug-likeness (QED) is 0.686. The molecule has 0 aliphatic heterocycles. The van der Waals surface area contributed by atoms with E-state index < -0.39 is 0 Å². The molecule has 0 spiro atoms. The third-order valence-electron chi connectivity index (χ3n) is 2.86. The van der Waals surface area contributed by atoms with Crippen LogP contribution in [0.15, 0.2) is 48.5 Å². The van der Waals surface area contributed by atoms with Gasteiger partial charge in [-0.1, -0.05) is 47.2 Å². The lowest BCUT2D eigenvalue weighted by atomic mass is 10.2. The van der Waals surface area contributed by atoms with Gasteiger partial charge < -0.3 is 5.32 Å². The predicted octanol–water partition coefficient (Wildman–Crippen LogP) is 4.08. The summed E-state index contributed by atoms with van der Waals surface area (Å²) < 4.78 is 1.05. The Balaban J connectivity index is 1.70. The predicted molar refractivity (Wildman–Crippen MR) is 94.8 cm³/mol. The smallest absolute Gasteiger partial charge is 0.258 e. The third-order valence-corrected chi connectivity index (χ3v) is 4.35. The Morgan fingerprint density at radius 1 is 1.14 bits per heavy atom. The average Bonchev–Trinajstić information content (AvgIpc) is 2.89. The van der Waals surface area contributed by atoms with Crippen molar-refractivity contribution in [3.63, 3.8) is 0 Å². The molecule has 0 saturated carbocycles. The number of carbonyl (C=O) groups is 1. The van der Waals surface area contributed by atoms with Crippen molar-refractivity contribution in [1.29, 1.82) is 0 Å². The fourth-order valence-electron chi connectivity index (χ4n) is 1.87. The van der Waals surface area contributed by atoms with Crippen molar-refractivity contribution in [2.75, 3.05) is 5.32 Å². The molecule has 0 fully saturated rings. The molecule has 2 aromatic carbocycles. The minimum atomic E-state index is -0.357. The molecule has 0 atom stereocenters. The highest BCUT2D eigenvalue weighted by Crippen LogP contribution is 2.25. The average molecular weight is 348 g/mol. The molecule has 1 aromatic heterocycles. The lowest BCUT2D eigenvalue weighted by Crippen LogP contribution is -2.34. The number of aromatic nitrogens is 1. The second kappa shape index (κ2) is 6.39. The number of nitrogens with one attached hydrogen (secondary N) is 2. The van der Waals surface area contributed by atoms with E-state index in [0.717, 1.165) is 10.2 Å². The van der Waals surface area contributed by atoms with Crippen LogP contribution in [0.4, 0.5) is 5.13 Å². The zero-order valence-electron chi connectivity index (χ0n) is 11.2. The van der Waals surface area contributed by atoms with Crippen LogP contribution in [0.2, 0.25) is 5.02 Å². The number of anilines is 1. The highest BCUT2D eigenvalue weighted by Gasteiger charge is 2.12. The fraction of sp³-hybridized carbons (Fsp3) is 0. The number of rotatable bonds is 2. The molecule has 110 valence electrons. The minimum absolute atomic E-state index is 0.184. The third kappa shape index (κ3) is 3.24. The summed E-state index contributed by atoms with van der Waals surface area (Å²) in [5.74, 6) is -0.357. The molecule has 2 N–H and O–H groups in total. The van der Waals surface area contributed by atoms with Gasteiger partial charge in [0.15, 0.2) is 10.2 Å². The van der Waals surface area contributed by atoms with Crippen molar-refractivity contribution in [3.05, 3.63) is 59.1 Å². The summed E-state index contributed by atoms with van der Waals surface area (Å²) in [6.45, 7) is 0. The molecule has 1 heterocycles. The van der Waals surface area contributed by atoms with E-state index in [0.29, 0.717) is 15.7 Å². The monoisotopic (exact) mass is 347 g/mol. The standard InChI is InChI=1S/C15H10ClN3OS2/c16-10-6-2-1-5-9(10)13(20)18-14(21)19-15-17-11-7-3-4-8-12(11)22-15/h1-8H,(H2,17,18,19,20,21). The zero-order chi connectivity index (χ0) is 15.5. The summed E-state index contributed by atoms with van der Waals surface area (Å²) in [5, 5.41) is 6.70. The number of benzene rings is 2. The topological polar surface area (TPSA) is 54.0 Å². The lowest BCUT2D eigenvalue weighted by Gasteiger charge is -2.08. The van der Waals surface area contributed by atoms with Gasteiger partial charge in [0, 0.05) is 0 Å². The zero-order valence-corrected chi connectivity index (χ0v) is 13.6. The van der Waals surface area contributed by atoms with Crippen molar-refractivity contribution < 1.29 is 4.79 Å². The number of hydrogen-bond donors (Lipinski definition) is 2. The van der Waals surface area contributed by atoms with Gasteiger partial charge in [-0.15, -0.1) is 0 Å². The van der Waals surface area contributed by atoms with Crippen molar-refractivity contribution in [2.24, 2.45) is 0 Å². The van der Waals surface area contributed by atoms with Crippen molar-refractivity contribution in [3.8, 4) is 0 Å². The van der Waals surface area contributed by atoms with Crippen LogP contribution in [0.25, 0.3) is 10.2 Å². The van der Waals surface area contributed by atoms with Crippen LogP contribution in [0.5, 0.6) is 0 Å². The highest BCUT2D eigenvalue weighted by atomic mass is 35.5. The number of carbonyl (C=O) groups excluding carboxylic acids is 1. The maximum absolute atomic E-state index is 12.1. The number of thiocarbonyl (C=S) groups is 1. The molecule has 0 aliphatic rings. The number of halogens is 1. The Labute approximate surface area is 141 Å². The molecule has 0 saturated heterocycles. The largest absolute Gasteiger partial charge is 0.308 e. The molecular weight excluding hydrogens is 338 g/mol. The molecule has 7 heteroatoms. The summed E-state index contributed by atoms with van der Waals surface area (Å²) in [5.41, 5.74) is 1.26. The Kier molecular flexibility index (Phi) is 4.33. The van der Waals surface area contributed by atoms with Gasteiger partial charge in [-0.2, -0.15) is 0 Å². The molecule has 0 bridgehead atoms. The van der Waals surface area contributed by atoms with E-state index in [1.165, 1.54) is 11.3 Å². The lowest BCUT2D eigenvalue weighted by molar-refractivity contribution is 0.0978. The number of fused-ring (bicyclic) bond motifs is 1. The first kappa shape index (κ1) is 14.9. The molecule has 22 heavy (non-hydrogen) atoms. The fourth-order valence-corrected chi connectivity index (χ4v) is 3.22. The summed E-state index contributed by atoms with van der Waals surface area (Å²) in [7, 11) is 0. The first-order chi connectivity index (χ1) is 10.6. The Hall–Kier alpha value is -2.02. The van der Waals surface area contributed by atoms with E-state index in [-0.39, 0.29) is 11.0 Å². The van der Waals surface area contributed by atoms with Crippen LogP contribution >= 0.6 is 35.2 Å². The number of para-hydroxylation sites is 1. The molecule has 1 amide bonds. The van der Waals surface area contributed by atoms with Crippen LogP contribution in [0, 0.1) is 0 Å². The van der Waals surface area contributed by atoms with Gasteiger partial charge in [-0.25, -0.2) is 4.98 Å². The van der Waals surface area contributed by atoms with E-state index in [1.54, 1.807) is 24.3 Å². The molecular formula is C15H10ClN3OS2. The summed E-state index contributed by atoms with van der Waals surface area (Å²) in [6.07, 6.45) is 0. The number of hydrogen-bond acceptors (Lipinski definition) is 4. The SMILES string of the molecule is O=C(NC(=S)Nc1nc2ccccc2s1)c1ccccc1Cl. The molecule has 0 unspecified atom stereocenters. The van der Waals surface area contributed by atoms with Gasteiger partial charge in [0.2, 0.25) is 0 Å². The Morgan fingerprint density at radius 2 is 1.86 bits per heavy atom. The van der Waals surface area contributed by atoms with E-state index in [2.05, 4.69) is 15.6 Å². The van der Waals surface area contributed by atoms with E-state index in [1.807, 2.05) is 24.3 Å². The molecule has 3 rings (SSSR count). The van der Waals surface area contributed by atoms with Gasteiger partial charge in [0.05, 0.1) is 20.8 Å². The maximum Gasteiger partial charge on any atom is 0.258 e. The first-order valence-corrected chi connectivity index (χ1v) is 7.96. The van der Waals surface area contributed by atoms with E-state index >= 15 is 0 Å². The minimum Gasteiger partial charge on any atom is -0.308 e. The van der Waals surface area contributed by atoms with Crippen molar-refractivity contribution in [1.82, 2.24) is 10.3 Å². The van der Waals surface area contributed by atoms with E-state index in [4.69, 9.17) is 23.8 Å². The normalized spacial score (nSPS) is 10.4. The van der Waals surface area contributed by atoms with E-state index in [9.17, 15) is 4.79 Å². The number of thiazole rings is 1. The summed E-state index contributed by atoms with van der Waals surface area (Å²) in [4.78, 5) is 16.5. The molecule has 4 nitrogen and oxygen atoms in total. The molecule has 3 aromatic rings. The van der Waals surface area contributed by atoms with Gasteiger partial charge >= 0.3 is 0 Å². The molecule has 0 radical (unpaired) electrons. The van der Waals surface area contributed by atoms with Crippen molar-refractivity contribution >= 4 is 61.5 Å². The van der Waals surface area contributed by atoms with Crippen molar-refractivity contribution in [2.45, 2.75) is 0 Å². The highest BCUT2D eigenvalue weighted by molar-refractivity contribution is 7.80. The van der Waals surface area contributed by atoms with Crippen LogP contribution < -0.4 is 10.6 Å². The van der Waals surface area contributed by atoms with Crippen LogP contribution in [0.1, 0.15) is 10.4 Å². The van der Waals surface area contributed by atoms with Gasteiger partial charge in [-0.05, 0) is 36.5 Å². The maximum atomic E-state index is 12.1. The van der Waals surface area contributed by atoms with Crippen LogP contribution in [-0.2, 0) is 0 Å². The second-order valence-corrected chi connectivity index (χ2v) is 6.22. The summed E-state index contributed by atoms with van der Waals surface area (Å²) in [6, 6.07) is 14.6.